The molecule has 0 heterocycles. The predicted octanol–water partition coefficient (Wildman–Crippen LogP) is 5.59. The summed E-state index contributed by atoms with van der Waals surface area (Å²) >= 11 is 9.81. The molecule has 20 heavy (non-hydrogen) atoms. The molecule has 1 nitrogen and oxygen atoms in total. The monoisotopic (exact) mass is 356 g/mol. The van der Waals surface area contributed by atoms with Gasteiger partial charge in [-0.1, -0.05) is 51.3 Å². The number of methoxy groups -OCH3 is 1. The fourth-order valence-corrected chi connectivity index (χ4v) is 3.22. The highest BCUT2D eigenvalue weighted by Gasteiger charge is 2.19. The number of aryl methyl sites for hydroxylation is 2. The Labute approximate surface area is 131 Å². The molecule has 0 saturated carbocycles. The highest BCUT2D eigenvalue weighted by atomic mass is 79.9. The molecule has 0 aliphatic rings. The van der Waals surface area contributed by atoms with Gasteiger partial charge in [-0.05, 0) is 37.1 Å². The van der Waals surface area contributed by atoms with Crippen LogP contribution in [-0.2, 0) is 0 Å². The number of hydrogen-bond donors (Lipinski definition) is 0. The Hall–Kier alpha value is -1.06. The van der Waals surface area contributed by atoms with Crippen LogP contribution < -0.4 is 4.74 Å². The quantitative estimate of drug-likeness (QED) is 0.651. The van der Waals surface area contributed by atoms with E-state index in [0.29, 0.717) is 10.6 Å². The van der Waals surface area contributed by atoms with E-state index in [4.69, 9.17) is 16.3 Å². The first-order chi connectivity index (χ1) is 9.43. The van der Waals surface area contributed by atoms with Gasteiger partial charge < -0.3 is 4.74 Å². The predicted molar refractivity (Wildman–Crippen MR) is 84.6 cm³/mol. The van der Waals surface area contributed by atoms with Gasteiger partial charge in [0.25, 0.3) is 0 Å². The first kappa shape index (κ1) is 15.3. The van der Waals surface area contributed by atoms with Crippen molar-refractivity contribution >= 4 is 27.5 Å². The van der Waals surface area contributed by atoms with E-state index in [1.807, 2.05) is 25.1 Å². The molecule has 2 rings (SSSR count). The van der Waals surface area contributed by atoms with Crippen molar-refractivity contribution in [3.63, 3.8) is 0 Å². The maximum absolute atomic E-state index is 13.5. The van der Waals surface area contributed by atoms with Gasteiger partial charge >= 0.3 is 0 Å². The molecule has 0 N–H and O–H groups in total. The molecule has 4 heteroatoms. The molecule has 0 aliphatic heterocycles. The Morgan fingerprint density at radius 3 is 2.50 bits per heavy atom. The van der Waals surface area contributed by atoms with Crippen LogP contribution in [-0.4, -0.2) is 7.11 Å². The topological polar surface area (TPSA) is 9.23 Å². The third-order valence-corrected chi connectivity index (χ3v) is 4.52. The summed E-state index contributed by atoms with van der Waals surface area (Å²) in [6.07, 6.45) is 0. The van der Waals surface area contributed by atoms with Crippen molar-refractivity contribution in [2.45, 2.75) is 18.7 Å². The van der Waals surface area contributed by atoms with E-state index in [1.54, 1.807) is 20.1 Å². The molecule has 106 valence electrons. The minimum absolute atomic E-state index is 0.149. The van der Waals surface area contributed by atoms with Gasteiger partial charge in [-0.15, -0.1) is 0 Å². The van der Waals surface area contributed by atoms with Crippen LogP contribution in [0.25, 0.3) is 0 Å². The number of alkyl halides is 1. The summed E-state index contributed by atoms with van der Waals surface area (Å²) in [5.41, 5.74) is 3.50. The minimum atomic E-state index is -0.297. The van der Waals surface area contributed by atoms with Crippen LogP contribution in [0.3, 0.4) is 0 Å². The molecule has 0 spiro atoms. The Balaban J connectivity index is 2.54. The Kier molecular flexibility index (Phi) is 4.71. The summed E-state index contributed by atoms with van der Waals surface area (Å²) in [5.74, 6) is 0.477. The van der Waals surface area contributed by atoms with Gasteiger partial charge in [0.05, 0.1) is 11.9 Å². The lowest BCUT2D eigenvalue weighted by Gasteiger charge is -2.17. The van der Waals surface area contributed by atoms with Crippen LogP contribution in [0.2, 0.25) is 5.02 Å². The minimum Gasteiger partial charge on any atom is -0.496 e. The van der Waals surface area contributed by atoms with Crippen LogP contribution in [0.5, 0.6) is 5.75 Å². The van der Waals surface area contributed by atoms with Crippen molar-refractivity contribution < 1.29 is 9.13 Å². The molecule has 0 bridgehead atoms. The lowest BCUT2D eigenvalue weighted by Crippen LogP contribution is -2.00. The summed E-state index contributed by atoms with van der Waals surface area (Å²) in [4.78, 5) is -0.149. The van der Waals surface area contributed by atoms with Gasteiger partial charge in [0.15, 0.2) is 0 Å². The Bertz CT molecular complexity index is 643. The molecule has 0 saturated heterocycles. The van der Waals surface area contributed by atoms with E-state index in [-0.39, 0.29) is 10.6 Å². The van der Waals surface area contributed by atoms with Crippen LogP contribution >= 0.6 is 27.5 Å². The second-order valence-corrected chi connectivity index (χ2v) is 6.05. The normalized spacial score (nSPS) is 12.3. The lowest BCUT2D eigenvalue weighted by atomic mass is 10.00. The molecule has 0 aliphatic carbocycles. The van der Waals surface area contributed by atoms with Crippen molar-refractivity contribution in [2.75, 3.05) is 7.11 Å². The highest BCUT2D eigenvalue weighted by Crippen LogP contribution is 2.40. The fourth-order valence-electron chi connectivity index (χ4n) is 2.09. The van der Waals surface area contributed by atoms with Crippen molar-refractivity contribution in [3.05, 3.63) is 63.4 Å². The van der Waals surface area contributed by atoms with Gasteiger partial charge in [0.1, 0.15) is 11.6 Å². The molecule has 2 aromatic carbocycles. The standard InChI is InChI=1S/C16H15BrClFO/c1-9-4-5-15(20-3)12(6-9)16(17)11-7-10(2)14(19)8-13(11)18/h4-8,16H,1-3H3. The molecule has 0 fully saturated rings. The highest BCUT2D eigenvalue weighted by molar-refractivity contribution is 9.09. The van der Waals surface area contributed by atoms with Gasteiger partial charge in [0, 0.05) is 10.6 Å². The SMILES string of the molecule is COc1ccc(C)cc1C(Br)c1cc(C)c(F)cc1Cl. The van der Waals surface area contributed by atoms with Crippen LogP contribution in [0, 0.1) is 19.7 Å². The third kappa shape index (κ3) is 2.99. The molecule has 2 aromatic rings. The second kappa shape index (κ2) is 6.15. The van der Waals surface area contributed by atoms with E-state index in [1.165, 1.54) is 6.07 Å². The lowest BCUT2D eigenvalue weighted by molar-refractivity contribution is 0.410. The smallest absolute Gasteiger partial charge is 0.127 e. The maximum atomic E-state index is 13.5. The molecule has 1 unspecified atom stereocenters. The van der Waals surface area contributed by atoms with Crippen LogP contribution in [0.15, 0.2) is 30.3 Å². The average molecular weight is 358 g/mol. The molecular weight excluding hydrogens is 343 g/mol. The molecule has 0 aromatic heterocycles. The van der Waals surface area contributed by atoms with Gasteiger partial charge in [-0.25, -0.2) is 4.39 Å². The van der Waals surface area contributed by atoms with Crippen molar-refractivity contribution in [1.29, 1.82) is 0 Å². The van der Waals surface area contributed by atoms with Crippen molar-refractivity contribution in [3.8, 4) is 5.75 Å². The van der Waals surface area contributed by atoms with E-state index < -0.39 is 0 Å². The van der Waals surface area contributed by atoms with Gasteiger partial charge in [-0.3, -0.25) is 0 Å². The zero-order valence-electron chi connectivity index (χ0n) is 11.5. The first-order valence-electron chi connectivity index (χ1n) is 6.18. The summed E-state index contributed by atoms with van der Waals surface area (Å²) in [6, 6.07) is 9.05. The zero-order valence-corrected chi connectivity index (χ0v) is 13.8. The number of benzene rings is 2. The average Bonchev–Trinajstić information content (AvgIpc) is 2.42. The maximum Gasteiger partial charge on any atom is 0.127 e. The van der Waals surface area contributed by atoms with E-state index in [0.717, 1.165) is 22.4 Å². The summed E-state index contributed by atoms with van der Waals surface area (Å²) in [5, 5.41) is 0.401. The molecule has 1 atom stereocenters. The number of ether oxygens (including phenoxy) is 1. The molecule has 0 radical (unpaired) electrons. The van der Waals surface area contributed by atoms with Gasteiger partial charge in [0.2, 0.25) is 0 Å². The van der Waals surface area contributed by atoms with Crippen molar-refractivity contribution in [1.82, 2.24) is 0 Å². The van der Waals surface area contributed by atoms with Crippen molar-refractivity contribution in [2.24, 2.45) is 0 Å². The third-order valence-electron chi connectivity index (χ3n) is 3.21. The summed E-state index contributed by atoms with van der Waals surface area (Å²) in [7, 11) is 1.63. The molecular formula is C16H15BrClFO. The van der Waals surface area contributed by atoms with Crippen LogP contribution in [0.4, 0.5) is 4.39 Å². The van der Waals surface area contributed by atoms with E-state index in [2.05, 4.69) is 15.9 Å². The number of rotatable bonds is 3. The number of halogens is 3. The Morgan fingerprint density at radius 2 is 1.85 bits per heavy atom. The fraction of sp³-hybridized carbons (Fsp3) is 0.250. The van der Waals surface area contributed by atoms with Gasteiger partial charge in [-0.2, -0.15) is 0 Å². The Morgan fingerprint density at radius 1 is 1.15 bits per heavy atom. The van der Waals surface area contributed by atoms with E-state index >= 15 is 0 Å². The largest absolute Gasteiger partial charge is 0.496 e. The first-order valence-corrected chi connectivity index (χ1v) is 7.47. The van der Waals surface area contributed by atoms with Crippen LogP contribution in [0.1, 0.15) is 27.1 Å². The zero-order chi connectivity index (χ0) is 14.9. The summed E-state index contributed by atoms with van der Waals surface area (Å²) < 4.78 is 18.9. The summed E-state index contributed by atoms with van der Waals surface area (Å²) in [6.45, 7) is 3.74. The molecule has 0 amide bonds. The second-order valence-electron chi connectivity index (χ2n) is 4.73. The van der Waals surface area contributed by atoms with E-state index in [9.17, 15) is 4.39 Å². The number of hydrogen-bond acceptors (Lipinski definition) is 1.